The number of phenolic OH excluding ortho intramolecular Hbond substituents is 1. The van der Waals surface area contributed by atoms with Gasteiger partial charge in [-0.05, 0) is 56.2 Å². The molecule has 0 aliphatic carbocycles. The van der Waals surface area contributed by atoms with Crippen molar-refractivity contribution in [1.29, 1.82) is 0 Å². The van der Waals surface area contributed by atoms with Gasteiger partial charge in [0.15, 0.2) is 11.0 Å². The Bertz CT molecular complexity index is 1240. The summed E-state index contributed by atoms with van der Waals surface area (Å²) >= 11 is 1.24. The highest BCUT2D eigenvalue weighted by molar-refractivity contribution is 7.99. The Morgan fingerprint density at radius 2 is 1.79 bits per heavy atom. The number of rotatable bonds is 8. The molecule has 9 nitrogen and oxygen atoms in total. The SMILES string of the molecule is CCn1c(SCC(=O)Nc2ccccc2O)nnc1-c1ccc(S(=O)(=O)N2CCCC2)cc1. The number of para-hydroxylation sites is 2. The molecule has 0 spiro atoms. The van der Waals surface area contributed by atoms with Gasteiger partial charge in [-0.2, -0.15) is 4.31 Å². The standard InChI is InChI=1S/C22H25N5O4S2/c1-2-27-21(16-9-11-17(12-10-16)33(30,31)26-13-5-6-14-26)24-25-22(27)32-15-20(29)23-18-7-3-4-8-19(18)28/h3-4,7-12,28H,2,5-6,13-15H2,1H3,(H,23,29). The van der Waals surface area contributed by atoms with E-state index in [-0.39, 0.29) is 22.3 Å². The molecule has 4 rings (SSSR count). The lowest BCUT2D eigenvalue weighted by Gasteiger charge is -2.15. The van der Waals surface area contributed by atoms with Crippen molar-refractivity contribution in [3.63, 3.8) is 0 Å². The largest absolute Gasteiger partial charge is 0.506 e. The number of sulfonamides is 1. The molecule has 1 aliphatic heterocycles. The molecule has 0 radical (unpaired) electrons. The first kappa shape index (κ1) is 23.3. The average Bonchev–Trinajstić information content (AvgIpc) is 3.50. The van der Waals surface area contributed by atoms with Gasteiger partial charge in [0, 0.05) is 25.2 Å². The third-order valence-corrected chi connectivity index (χ3v) is 8.24. The maximum absolute atomic E-state index is 12.7. The summed E-state index contributed by atoms with van der Waals surface area (Å²) in [4.78, 5) is 12.6. The van der Waals surface area contributed by atoms with E-state index in [1.54, 1.807) is 42.5 Å². The topological polar surface area (TPSA) is 117 Å². The molecule has 0 atom stereocenters. The average molecular weight is 488 g/mol. The Kier molecular flexibility index (Phi) is 7.01. The summed E-state index contributed by atoms with van der Waals surface area (Å²) in [5.41, 5.74) is 1.10. The lowest BCUT2D eigenvalue weighted by Crippen LogP contribution is -2.27. The van der Waals surface area contributed by atoms with Crippen LogP contribution in [-0.4, -0.2) is 57.3 Å². The number of hydrogen-bond donors (Lipinski definition) is 2. The Morgan fingerprint density at radius 3 is 2.45 bits per heavy atom. The monoisotopic (exact) mass is 487 g/mol. The van der Waals surface area contributed by atoms with Crippen LogP contribution in [0.25, 0.3) is 11.4 Å². The number of aromatic hydroxyl groups is 1. The van der Waals surface area contributed by atoms with E-state index in [2.05, 4.69) is 15.5 Å². The van der Waals surface area contributed by atoms with E-state index in [1.807, 2.05) is 11.5 Å². The Labute approximate surface area is 196 Å². The number of phenols is 1. The zero-order chi connectivity index (χ0) is 23.4. The van der Waals surface area contributed by atoms with E-state index in [0.717, 1.165) is 18.4 Å². The van der Waals surface area contributed by atoms with Crippen LogP contribution in [0.1, 0.15) is 19.8 Å². The van der Waals surface area contributed by atoms with Crippen molar-refractivity contribution in [3.05, 3.63) is 48.5 Å². The lowest BCUT2D eigenvalue weighted by molar-refractivity contribution is -0.113. The minimum Gasteiger partial charge on any atom is -0.506 e. The van der Waals surface area contributed by atoms with Gasteiger partial charge in [0.2, 0.25) is 15.9 Å². The first-order chi connectivity index (χ1) is 15.9. The van der Waals surface area contributed by atoms with Crippen LogP contribution in [0.5, 0.6) is 5.75 Å². The van der Waals surface area contributed by atoms with Crippen molar-refractivity contribution in [2.24, 2.45) is 0 Å². The normalized spacial score (nSPS) is 14.5. The predicted molar refractivity (Wildman–Crippen MR) is 127 cm³/mol. The van der Waals surface area contributed by atoms with Crippen molar-refractivity contribution in [2.75, 3.05) is 24.2 Å². The highest BCUT2D eigenvalue weighted by atomic mass is 32.2. The molecule has 33 heavy (non-hydrogen) atoms. The predicted octanol–water partition coefficient (Wildman–Crippen LogP) is 3.19. The fourth-order valence-electron chi connectivity index (χ4n) is 3.64. The summed E-state index contributed by atoms with van der Waals surface area (Å²) in [7, 11) is -3.47. The molecule has 1 saturated heterocycles. The van der Waals surface area contributed by atoms with Crippen molar-refractivity contribution in [3.8, 4) is 17.1 Å². The number of thioether (sulfide) groups is 1. The lowest BCUT2D eigenvalue weighted by atomic mass is 10.2. The Morgan fingerprint density at radius 1 is 1.09 bits per heavy atom. The molecule has 3 aromatic rings. The summed E-state index contributed by atoms with van der Waals surface area (Å²) in [6.45, 7) is 3.66. The van der Waals surface area contributed by atoms with Crippen LogP contribution in [0.2, 0.25) is 0 Å². The fourth-order valence-corrected chi connectivity index (χ4v) is 5.96. The van der Waals surface area contributed by atoms with Gasteiger partial charge in [-0.15, -0.1) is 10.2 Å². The molecule has 1 aliphatic rings. The van der Waals surface area contributed by atoms with Crippen molar-refractivity contribution >= 4 is 33.4 Å². The van der Waals surface area contributed by atoms with Crippen LogP contribution in [-0.2, 0) is 21.4 Å². The number of hydrogen-bond acceptors (Lipinski definition) is 7. The second-order valence-corrected chi connectivity index (χ2v) is 10.4. The minimum atomic E-state index is -3.47. The number of amides is 1. The third kappa shape index (κ3) is 5.05. The third-order valence-electron chi connectivity index (χ3n) is 5.36. The smallest absolute Gasteiger partial charge is 0.243 e. The van der Waals surface area contributed by atoms with Gasteiger partial charge in [0.05, 0.1) is 16.3 Å². The van der Waals surface area contributed by atoms with Crippen LogP contribution >= 0.6 is 11.8 Å². The summed E-state index contributed by atoms with van der Waals surface area (Å²) in [6, 6.07) is 13.2. The van der Waals surface area contributed by atoms with Crippen LogP contribution in [0.4, 0.5) is 5.69 Å². The Balaban J connectivity index is 1.46. The van der Waals surface area contributed by atoms with E-state index in [9.17, 15) is 18.3 Å². The molecule has 1 amide bonds. The van der Waals surface area contributed by atoms with Gasteiger partial charge >= 0.3 is 0 Å². The molecule has 2 N–H and O–H groups in total. The number of aromatic nitrogens is 3. The van der Waals surface area contributed by atoms with E-state index in [1.165, 1.54) is 22.1 Å². The summed E-state index contributed by atoms with van der Waals surface area (Å²) in [5, 5.41) is 21.5. The number of carbonyl (C=O) groups is 1. The fraction of sp³-hybridized carbons (Fsp3) is 0.318. The molecule has 2 heterocycles. The van der Waals surface area contributed by atoms with Crippen molar-refractivity contribution < 1.29 is 18.3 Å². The first-order valence-electron chi connectivity index (χ1n) is 10.6. The number of carbonyl (C=O) groups excluding carboxylic acids is 1. The highest BCUT2D eigenvalue weighted by Gasteiger charge is 2.27. The van der Waals surface area contributed by atoms with Gasteiger partial charge in [0.1, 0.15) is 5.75 Å². The Hall–Kier alpha value is -2.89. The molecule has 1 aromatic heterocycles. The molecule has 0 unspecified atom stereocenters. The molecule has 2 aromatic carbocycles. The maximum atomic E-state index is 12.7. The molecular formula is C22H25N5O4S2. The molecule has 11 heteroatoms. The summed E-state index contributed by atoms with van der Waals surface area (Å²) < 4.78 is 28.9. The zero-order valence-corrected chi connectivity index (χ0v) is 19.8. The first-order valence-corrected chi connectivity index (χ1v) is 13.1. The molecule has 1 fully saturated rings. The van der Waals surface area contributed by atoms with Gasteiger partial charge in [-0.25, -0.2) is 8.42 Å². The van der Waals surface area contributed by atoms with Gasteiger partial charge in [-0.3, -0.25) is 4.79 Å². The van der Waals surface area contributed by atoms with Crippen LogP contribution < -0.4 is 5.32 Å². The van der Waals surface area contributed by atoms with Gasteiger partial charge in [-0.1, -0.05) is 23.9 Å². The van der Waals surface area contributed by atoms with E-state index in [4.69, 9.17) is 0 Å². The highest BCUT2D eigenvalue weighted by Crippen LogP contribution is 2.27. The van der Waals surface area contributed by atoms with Crippen LogP contribution in [0, 0.1) is 0 Å². The molecular weight excluding hydrogens is 462 g/mol. The number of nitrogens with one attached hydrogen (secondary N) is 1. The minimum absolute atomic E-state index is 0.00468. The quantitative estimate of drug-likeness (QED) is 0.370. The summed E-state index contributed by atoms with van der Waals surface area (Å²) in [6.07, 6.45) is 1.78. The van der Waals surface area contributed by atoms with Crippen molar-refractivity contribution in [2.45, 2.75) is 36.4 Å². The number of anilines is 1. The zero-order valence-electron chi connectivity index (χ0n) is 18.1. The maximum Gasteiger partial charge on any atom is 0.243 e. The second-order valence-electron chi connectivity index (χ2n) is 7.54. The molecule has 174 valence electrons. The second kappa shape index (κ2) is 9.94. The van der Waals surface area contributed by atoms with Crippen molar-refractivity contribution in [1.82, 2.24) is 19.1 Å². The van der Waals surface area contributed by atoms with Gasteiger partial charge in [0.25, 0.3) is 0 Å². The number of benzene rings is 2. The molecule has 0 saturated carbocycles. The molecule has 0 bridgehead atoms. The van der Waals surface area contributed by atoms with Gasteiger partial charge < -0.3 is 15.0 Å². The van der Waals surface area contributed by atoms with E-state index < -0.39 is 10.0 Å². The van der Waals surface area contributed by atoms with Crippen LogP contribution in [0.3, 0.4) is 0 Å². The van der Waals surface area contributed by atoms with E-state index >= 15 is 0 Å². The summed E-state index contributed by atoms with van der Waals surface area (Å²) in [5.74, 6) is 0.431. The number of nitrogens with zero attached hydrogens (tertiary/aromatic N) is 4. The van der Waals surface area contributed by atoms with E-state index in [0.29, 0.717) is 36.3 Å². The van der Waals surface area contributed by atoms with Crippen LogP contribution in [0.15, 0.2) is 58.6 Å².